The van der Waals surface area contributed by atoms with E-state index in [9.17, 15) is 0 Å². The first-order valence-corrected chi connectivity index (χ1v) is 19.9. The fourth-order valence-corrected chi connectivity index (χ4v) is 7.87. The minimum absolute atomic E-state index is 0.141. The maximum absolute atomic E-state index is 6.58. The van der Waals surface area contributed by atoms with Gasteiger partial charge in [0, 0.05) is 10.8 Å². The summed E-state index contributed by atoms with van der Waals surface area (Å²) in [5, 5.41) is 3.71. The second kappa shape index (κ2) is 10.6. The molecule has 0 saturated carbocycles. The second-order valence-electron chi connectivity index (χ2n) is 15.8. The van der Waals surface area contributed by atoms with Crippen molar-refractivity contribution in [3.8, 4) is 28.2 Å². The lowest BCUT2D eigenvalue weighted by Crippen LogP contribution is -2.37. The van der Waals surface area contributed by atoms with Crippen LogP contribution in [0.3, 0.4) is 0 Å². The normalized spacial score (nSPS) is 12.9. The lowest BCUT2D eigenvalue weighted by molar-refractivity contribution is 0.563. The maximum atomic E-state index is 6.58. The molecule has 0 atom stereocenters. The zero-order valence-electron chi connectivity index (χ0n) is 28.6. The minimum atomic E-state index is -1.40. The van der Waals surface area contributed by atoms with Crippen molar-refractivity contribution in [1.82, 2.24) is 9.55 Å². The first-order chi connectivity index (χ1) is 21.7. The van der Waals surface area contributed by atoms with Crippen LogP contribution in [0.25, 0.3) is 61.2 Å². The maximum Gasteiger partial charge on any atom is 0.149 e. The first-order valence-electron chi connectivity index (χ1n) is 16.4. The van der Waals surface area contributed by atoms with Crippen LogP contribution in [-0.2, 0) is 10.8 Å². The molecule has 7 aromatic rings. The zero-order chi connectivity index (χ0) is 32.6. The number of hydrogen-bond acceptors (Lipinski definition) is 2. The Labute approximate surface area is 273 Å². The molecule has 46 heavy (non-hydrogen) atoms. The number of fused-ring (bicyclic) bond motifs is 4. The third-order valence-electron chi connectivity index (χ3n) is 9.24. The summed E-state index contributed by atoms with van der Waals surface area (Å²) in [5.41, 5.74) is 10.8. The lowest BCUT2D eigenvalue weighted by atomic mass is 9.76. The van der Waals surface area contributed by atoms with Crippen molar-refractivity contribution >= 4 is 46.2 Å². The van der Waals surface area contributed by atoms with Gasteiger partial charge in [0.15, 0.2) is 0 Å². The van der Waals surface area contributed by atoms with Gasteiger partial charge in [0.25, 0.3) is 0 Å². The van der Waals surface area contributed by atoms with Crippen molar-refractivity contribution in [3.63, 3.8) is 0 Å². The number of para-hydroxylation sites is 4. The number of aromatic nitrogens is 2. The molecule has 0 unspecified atom stereocenters. The Balaban J connectivity index is 1.57. The number of imidazole rings is 1. The van der Waals surface area contributed by atoms with E-state index in [0.717, 1.165) is 44.4 Å². The highest BCUT2D eigenvalue weighted by Crippen LogP contribution is 2.44. The number of nitrogens with zero attached hydrogens (tertiary/aromatic N) is 2. The molecule has 0 aliphatic rings. The molecule has 0 fully saturated rings. The van der Waals surface area contributed by atoms with Crippen LogP contribution in [0.2, 0.25) is 19.6 Å². The Morgan fingerprint density at radius 3 is 1.89 bits per heavy atom. The van der Waals surface area contributed by atoms with Crippen LogP contribution in [0.1, 0.15) is 52.7 Å². The predicted molar refractivity (Wildman–Crippen MR) is 200 cm³/mol. The Bertz CT molecular complexity index is 2210. The molecule has 5 aromatic carbocycles. The minimum Gasteiger partial charge on any atom is -0.455 e. The van der Waals surface area contributed by atoms with Gasteiger partial charge in [-0.1, -0.05) is 133 Å². The summed E-state index contributed by atoms with van der Waals surface area (Å²) in [7, 11) is -1.40. The topological polar surface area (TPSA) is 31.0 Å². The van der Waals surface area contributed by atoms with Gasteiger partial charge < -0.3 is 4.42 Å². The van der Waals surface area contributed by atoms with E-state index < -0.39 is 8.07 Å². The molecule has 0 N–H and O–H groups in total. The van der Waals surface area contributed by atoms with Crippen LogP contribution in [0.4, 0.5) is 0 Å². The van der Waals surface area contributed by atoms with Crippen LogP contribution >= 0.6 is 0 Å². The molecule has 0 saturated heterocycles. The molecule has 0 aliphatic carbocycles. The van der Waals surface area contributed by atoms with E-state index in [0.29, 0.717) is 0 Å². The number of benzene rings is 5. The molecule has 2 aromatic heterocycles. The molecule has 3 nitrogen and oxygen atoms in total. The molecule has 0 amide bonds. The van der Waals surface area contributed by atoms with Crippen LogP contribution in [0.15, 0.2) is 108 Å². The van der Waals surface area contributed by atoms with Crippen LogP contribution < -0.4 is 5.19 Å². The van der Waals surface area contributed by atoms with Gasteiger partial charge >= 0.3 is 0 Å². The summed E-state index contributed by atoms with van der Waals surface area (Å²) in [6.07, 6.45) is 0. The van der Waals surface area contributed by atoms with Crippen molar-refractivity contribution in [1.29, 1.82) is 0 Å². The molecule has 232 valence electrons. The Hall–Kier alpha value is -4.41. The highest BCUT2D eigenvalue weighted by Gasteiger charge is 2.31. The molecule has 0 spiro atoms. The van der Waals surface area contributed by atoms with Crippen molar-refractivity contribution in [2.75, 3.05) is 0 Å². The van der Waals surface area contributed by atoms with E-state index in [1.165, 1.54) is 33.1 Å². The predicted octanol–water partition coefficient (Wildman–Crippen LogP) is 11.4. The molecule has 4 heteroatoms. The molecule has 0 aliphatic heterocycles. The fourth-order valence-electron chi connectivity index (χ4n) is 6.70. The smallest absolute Gasteiger partial charge is 0.149 e. The number of hydrogen-bond donors (Lipinski definition) is 0. The van der Waals surface area contributed by atoms with Crippen LogP contribution in [0.5, 0.6) is 0 Å². The van der Waals surface area contributed by atoms with E-state index in [1.807, 2.05) is 12.1 Å². The van der Waals surface area contributed by atoms with Gasteiger partial charge in [-0.3, -0.25) is 4.57 Å². The van der Waals surface area contributed by atoms with Gasteiger partial charge in [-0.15, -0.1) is 0 Å². The van der Waals surface area contributed by atoms with Gasteiger partial charge in [0.05, 0.1) is 30.4 Å². The Morgan fingerprint density at radius 2 is 1.24 bits per heavy atom. The van der Waals surface area contributed by atoms with E-state index in [4.69, 9.17) is 9.40 Å². The summed E-state index contributed by atoms with van der Waals surface area (Å²) in [5.74, 6) is 0.897. The molecule has 0 radical (unpaired) electrons. The van der Waals surface area contributed by atoms with Gasteiger partial charge in [-0.25, -0.2) is 4.98 Å². The third kappa shape index (κ3) is 5.09. The van der Waals surface area contributed by atoms with E-state index in [1.54, 1.807) is 0 Å². The summed E-state index contributed by atoms with van der Waals surface area (Å²) in [4.78, 5) is 5.35. The zero-order valence-corrected chi connectivity index (χ0v) is 29.6. The van der Waals surface area contributed by atoms with E-state index >= 15 is 0 Å². The average molecular weight is 621 g/mol. The van der Waals surface area contributed by atoms with E-state index in [2.05, 4.69) is 157 Å². The SMILES string of the molecule is CC(C)(C)c1cc(-c2ccc([Si](C)(C)C)cc2)cc(C(C)(C)C)c1-n1c(-c2cccc3c2oc2ccccc23)nc2ccccc21. The first kappa shape index (κ1) is 30.3. The van der Waals surface area contributed by atoms with Crippen LogP contribution in [-0.4, -0.2) is 17.6 Å². The van der Waals surface area contributed by atoms with E-state index in [-0.39, 0.29) is 10.8 Å². The third-order valence-corrected chi connectivity index (χ3v) is 11.3. The summed E-state index contributed by atoms with van der Waals surface area (Å²) in [6, 6.07) is 37.4. The Kier molecular flexibility index (Phi) is 6.95. The van der Waals surface area contributed by atoms with Crippen molar-refractivity contribution in [2.45, 2.75) is 72.0 Å². The van der Waals surface area contributed by atoms with Gasteiger partial charge in [0.1, 0.15) is 17.0 Å². The number of rotatable bonds is 4. The van der Waals surface area contributed by atoms with Gasteiger partial charge in [-0.2, -0.15) is 0 Å². The molecular weight excluding hydrogens is 577 g/mol. The van der Waals surface area contributed by atoms with Gasteiger partial charge in [0.2, 0.25) is 0 Å². The quantitative estimate of drug-likeness (QED) is 0.183. The largest absolute Gasteiger partial charge is 0.455 e. The highest BCUT2D eigenvalue weighted by atomic mass is 28.3. The fraction of sp³-hybridized carbons (Fsp3) is 0.262. The molecule has 7 rings (SSSR count). The van der Waals surface area contributed by atoms with Gasteiger partial charge in [-0.05, 0) is 69.5 Å². The molecule has 0 bridgehead atoms. The monoisotopic (exact) mass is 620 g/mol. The Morgan fingerprint density at radius 1 is 0.630 bits per heavy atom. The summed E-state index contributed by atoms with van der Waals surface area (Å²) < 4.78 is 8.99. The molecule has 2 heterocycles. The summed E-state index contributed by atoms with van der Waals surface area (Å²) in [6.45, 7) is 21.2. The second-order valence-corrected chi connectivity index (χ2v) is 20.9. The average Bonchev–Trinajstić information content (AvgIpc) is 3.58. The highest BCUT2D eigenvalue weighted by molar-refractivity contribution is 6.88. The van der Waals surface area contributed by atoms with Crippen molar-refractivity contribution in [2.24, 2.45) is 0 Å². The van der Waals surface area contributed by atoms with Crippen molar-refractivity contribution in [3.05, 3.63) is 114 Å². The van der Waals surface area contributed by atoms with Crippen LogP contribution in [0, 0.1) is 0 Å². The van der Waals surface area contributed by atoms with Crippen molar-refractivity contribution < 1.29 is 4.42 Å². The summed E-state index contributed by atoms with van der Waals surface area (Å²) >= 11 is 0. The standard InChI is InChI=1S/C42H44N2OSi/c1-41(2,3)33-25-28(27-21-23-29(24-22-27)46(7,8)9)26-34(42(4,5)6)38(33)44-36-19-12-11-18-35(36)43-40(44)32-17-14-16-31-30-15-10-13-20-37(30)45-39(31)32/h10-26H,1-9H3. The lowest BCUT2D eigenvalue weighted by Gasteiger charge is -2.32. The number of furan rings is 1. The molecular formula is C42H44N2OSi.